The number of hydrogen-bond acceptors (Lipinski definition) is 4. The third-order valence-electron chi connectivity index (χ3n) is 3.05. The van der Waals surface area contributed by atoms with E-state index in [4.69, 9.17) is 5.11 Å². The summed E-state index contributed by atoms with van der Waals surface area (Å²) in [4.78, 5) is 29.0. The number of aromatic nitrogens is 2. The molecule has 98 valence electrons. The lowest BCUT2D eigenvalue weighted by molar-refractivity contribution is -0.137. The Morgan fingerprint density at radius 3 is 2.67 bits per heavy atom. The standard InChI is InChI=1S/C12H17N3O3/c1-9-7-10(16)15(8-11(17)18)12(13-9)14-5-3-2-4-6-14/h7H,2-6,8H2,1H3,(H,17,18). The molecule has 1 aromatic rings. The van der Waals surface area contributed by atoms with Crippen molar-refractivity contribution in [2.45, 2.75) is 32.7 Å². The molecule has 0 aliphatic carbocycles. The average Bonchev–Trinajstić information content (AvgIpc) is 2.33. The normalized spacial score (nSPS) is 15.7. The van der Waals surface area contributed by atoms with Crippen LogP contribution in [0.2, 0.25) is 0 Å². The highest BCUT2D eigenvalue weighted by molar-refractivity contribution is 5.67. The van der Waals surface area contributed by atoms with Gasteiger partial charge in [0.25, 0.3) is 5.56 Å². The van der Waals surface area contributed by atoms with Gasteiger partial charge in [0.2, 0.25) is 5.95 Å². The summed E-state index contributed by atoms with van der Waals surface area (Å²) in [6.45, 7) is 3.07. The van der Waals surface area contributed by atoms with Gasteiger partial charge in [-0.1, -0.05) is 0 Å². The molecule has 0 aromatic carbocycles. The maximum atomic E-state index is 11.9. The molecule has 6 heteroatoms. The van der Waals surface area contributed by atoms with Gasteiger partial charge in [0, 0.05) is 24.8 Å². The molecule has 1 aromatic heterocycles. The van der Waals surface area contributed by atoms with Crippen molar-refractivity contribution < 1.29 is 9.90 Å². The molecule has 1 fully saturated rings. The van der Waals surface area contributed by atoms with Crippen LogP contribution in [-0.4, -0.2) is 33.7 Å². The number of aliphatic carboxylic acids is 1. The summed E-state index contributed by atoms with van der Waals surface area (Å²) in [5, 5.41) is 8.88. The average molecular weight is 251 g/mol. The summed E-state index contributed by atoms with van der Waals surface area (Å²) in [6, 6.07) is 1.37. The smallest absolute Gasteiger partial charge is 0.323 e. The van der Waals surface area contributed by atoms with Gasteiger partial charge in [0.05, 0.1) is 0 Å². The number of carbonyl (C=O) groups is 1. The van der Waals surface area contributed by atoms with Crippen LogP contribution in [0.4, 0.5) is 5.95 Å². The number of carboxylic acid groups (broad SMARTS) is 1. The molecule has 6 nitrogen and oxygen atoms in total. The Morgan fingerprint density at radius 2 is 2.06 bits per heavy atom. The van der Waals surface area contributed by atoms with E-state index in [-0.39, 0.29) is 12.1 Å². The molecule has 1 aliphatic rings. The molecule has 18 heavy (non-hydrogen) atoms. The van der Waals surface area contributed by atoms with Crippen LogP contribution in [0.1, 0.15) is 25.0 Å². The lowest BCUT2D eigenvalue weighted by Crippen LogP contribution is -2.37. The first kappa shape index (κ1) is 12.6. The van der Waals surface area contributed by atoms with E-state index in [1.165, 1.54) is 17.1 Å². The van der Waals surface area contributed by atoms with Crippen molar-refractivity contribution in [2.24, 2.45) is 0 Å². The van der Waals surface area contributed by atoms with Gasteiger partial charge in [-0.2, -0.15) is 0 Å². The van der Waals surface area contributed by atoms with Gasteiger partial charge in [-0.05, 0) is 26.2 Å². The highest BCUT2D eigenvalue weighted by Gasteiger charge is 2.18. The Hall–Kier alpha value is -1.85. The molecule has 2 rings (SSSR count). The van der Waals surface area contributed by atoms with Crippen molar-refractivity contribution in [3.8, 4) is 0 Å². The van der Waals surface area contributed by atoms with E-state index >= 15 is 0 Å². The van der Waals surface area contributed by atoms with E-state index in [0.29, 0.717) is 11.6 Å². The maximum absolute atomic E-state index is 11.9. The molecule has 0 unspecified atom stereocenters. The van der Waals surface area contributed by atoms with Crippen LogP contribution in [0.3, 0.4) is 0 Å². The Balaban J connectivity index is 2.42. The van der Waals surface area contributed by atoms with Crippen molar-refractivity contribution in [1.29, 1.82) is 0 Å². The lowest BCUT2D eigenvalue weighted by atomic mass is 10.1. The fourth-order valence-corrected chi connectivity index (χ4v) is 2.22. The largest absolute Gasteiger partial charge is 0.480 e. The number of aryl methyl sites for hydroxylation is 1. The summed E-state index contributed by atoms with van der Waals surface area (Å²) in [6.07, 6.45) is 3.28. The van der Waals surface area contributed by atoms with E-state index in [9.17, 15) is 9.59 Å². The molecular weight excluding hydrogens is 234 g/mol. The van der Waals surface area contributed by atoms with Crippen molar-refractivity contribution >= 4 is 11.9 Å². The van der Waals surface area contributed by atoms with Crippen LogP contribution in [0.25, 0.3) is 0 Å². The molecular formula is C12H17N3O3. The third-order valence-corrected chi connectivity index (χ3v) is 3.05. The first-order chi connectivity index (χ1) is 8.58. The summed E-state index contributed by atoms with van der Waals surface area (Å²) in [5.41, 5.74) is 0.327. The van der Waals surface area contributed by atoms with Gasteiger partial charge in [-0.15, -0.1) is 0 Å². The Labute approximate surface area is 105 Å². The fourth-order valence-electron chi connectivity index (χ4n) is 2.22. The molecule has 0 saturated carbocycles. The Morgan fingerprint density at radius 1 is 1.39 bits per heavy atom. The minimum Gasteiger partial charge on any atom is -0.480 e. The minimum absolute atomic E-state index is 0.300. The van der Waals surface area contributed by atoms with Crippen LogP contribution >= 0.6 is 0 Å². The monoisotopic (exact) mass is 251 g/mol. The van der Waals surface area contributed by atoms with E-state index in [1.54, 1.807) is 6.92 Å². The predicted molar refractivity (Wildman–Crippen MR) is 66.9 cm³/mol. The zero-order valence-electron chi connectivity index (χ0n) is 10.4. The SMILES string of the molecule is Cc1cc(=O)n(CC(=O)O)c(N2CCCCC2)n1. The molecule has 0 radical (unpaired) electrons. The van der Waals surface area contributed by atoms with Crippen molar-refractivity contribution in [3.63, 3.8) is 0 Å². The van der Waals surface area contributed by atoms with Crippen LogP contribution in [-0.2, 0) is 11.3 Å². The number of nitrogens with zero attached hydrogens (tertiary/aromatic N) is 3. The van der Waals surface area contributed by atoms with Crippen LogP contribution in [0.15, 0.2) is 10.9 Å². The number of rotatable bonds is 3. The second-order valence-electron chi connectivity index (χ2n) is 4.56. The molecule has 0 amide bonds. The molecule has 1 N–H and O–H groups in total. The van der Waals surface area contributed by atoms with Gasteiger partial charge < -0.3 is 10.0 Å². The van der Waals surface area contributed by atoms with Gasteiger partial charge in [0.15, 0.2) is 0 Å². The van der Waals surface area contributed by atoms with Crippen molar-refractivity contribution in [1.82, 2.24) is 9.55 Å². The number of hydrogen-bond donors (Lipinski definition) is 1. The lowest BCUT2D eigenvalue weighted by Gasteiger charge is -2.29. The number of piperidine rings is 1. The van der Waals surface area contributed by atoms with Crippen molar-refractivity contribution in [2.75, 3.05) is 18.0 Å². The van der Waals surface area contributed by atoms with Crippen LogP contribution < -0.4 is 10.5 Å². The maximum Gasteiger partial charge on any atom is 0.323 e. The molecule has 1 saturated heterocycles. The van der Waals surface area contributed by atoms with Gasteiger partial charge in [0.1, 0.15) is 6.54 Å². The van der Waals surface area contributed by atoms with Crippen LogP contribution in [0, 0.1) is 6.92 Å². The second-order valence-corrected chi connectivity index (χ2v) is 4.56. The van der Waals surface area contributed by atoms with E-state index in [0.717, 1.165) is 25.9 Å². The summed E-state index contributed by atoms with van der Waals surface area (Å²) in [7, 11) is 0. The van der Waals surface area contributed by atoms with Gasteiger partial charge >= 0.3 is 5.97 Å². The molecule has 0 bridgehead atoms. The highest BCUT2D eigenvalue weighted by atomic mass is 16.4. The number of carboxylic acids is 1. The quantitative estimate of drug-likeness (QED) is 0.852. The zero-order chi connectivity index (χ0) is 13.1. The number of anilines is 1. The Bertz CT molecular complexity index is 504. The predicted octanol–water partition coefficient (Wildman–Crippen LogP) is 0.627. The van der Waals surface area contributed by atoms with E-state index < -0.39 is 5.97 Å². The minimum atomic E-state index is -1.03. The second kappa shape index (κ2) is 5.20. The summed E-state index contributed by atoms with van der Waals surface area (Å²) >= 11 is 0. The molecule has 1 aliphatic heterocycles. The van der Waals surface area contributed by atoms with Crippen molar-refractivity contribution in [3.05, 3.63) is 22.1 Å². The highest BCUT2D eigenvalue weighted by Crippen LogP contribution is 2.16. The van der Waals surface area contributed by atoms with Gasteiger partial charge in [-0.25, -0.2) is 4.98 Å². The summed E-state index contributed by atoms with van der Waals surface area (Å²) < 4.78 is 1.24. The van der Waals surface area contributed by atoms with Gasteiger partial charge in [-0.3, -0.25) is 14.2 Å². The topological polar surface area (TPSA) is 75.4 Å². The first-order valence-corrected chi connectivity index (χ1v) is 6.13. The molecule has 2 heterocycles. The summed E-state index contributed by atoms with van der Waals surface area (Å²) in [5.74, 6) is -0.539. The molecule has 0 spiro atoms. The van der Waals surface area contributed by atoms with Crippen LogP contribution in [0.5, 0.6) is 0 Å². The Kier molecular flexibility index (Phi) is 3.64. The van der Waals surface area contributed by atoms with E-state index in [2.05, 4.69) is 4.98 Å². The molecule has 0 atom stereocenters. The first-order valence-electron chi connectivity index (χ1n) is 6.13. The fraction of sp³-hybridized carbons (Fsp3) is 0.583. The third kappa shape index (κ3) is 2.69. The van der Waals surface area contributed by atoms with E-state index in [1.807, 2.05) is 4.90 Å². The zero-order valence-corrected chi connectivity index (χ0v) is 10.4.